The highest BCUT2D eigenvalue weighted by atomic mass is 19.1. The summed E-state index contributed by atoms with van der Waals surface area (Å²) >= 11 is 0. The lowest BCUT2D eigenvalue weighted by Gasteiger charge is -2.24. The molecule has 0 bridgehead atoms. The first-order valence-electron chi connectivity index (χ1n) is 6.38. The number of nitrogens with zero attached hydrogens (tertiary/aromatic N) is 1. The minimum absolute atomic E-state index is 0.0757. The van der Waals surface area contributed by atoms with E-state index >= 15 is 0 Å². The van der Waals surface area contributed by atoms with Crippen molar-refractivity contribution < 1.29 is 8.78 Å². The van der Waals surface area contributed by atoms with E-state index in [0.29, 0.717) is 25.4 Å². The maximum absolute atomic E-state index is 13.6. The lowest BCUT2D eigenvalue weighted by molar-refractivity contribution is 0.236. The van der Waals surface area contributed by atoms with Crippen LogP contribution in [0.15, 0.2) is 18.2 Å². The van der Waals surface area contributed by atoms with Crippen LogP contribution in [0.5, 0.6) is 0 Å². The minimum Gasteiger partial charge on any atom is -0.388 e. The maximum Gasteiger partial charge on any atom is 0.130 e. The minimum atomic E-state index is -0.531. The maximum atomic E-state index is 13.6. The molecule has 0 aromatic heterocycles. The van der Waals surface area contributed by atoms with E-state index in [-0.39, 0.29) is 17.9 Å². The zero-order valence-electron chi connectivity index (χ0n) is 11.4. The molecule has 1 aromatic rings. The van der Waals surface area contributed by atoms with Gasteiger partial charge in [0.15, 0.2) is 0 Å². The fourth-order valence-electron chi connectivity index (χ4n) is 1.94. The first-order valence-corrected chi connectivity index (χ1v) is 6.38. The van der Waals surface area contributed by atoms with Crippen LogP contribution >= 0.6 is 0 Å². The van der Waals surface area contributed by atoms with E-state index in [2.05, 4.69) is 0 Å². The number of rotatable bonds is 7. The van der Waals surface area contributed by atoms with E-state index in [4.69, 9.17) is 11.1 Å². The van der Waals surface area contributed by atoms with E-state index in [9.17, 15) is 8.78 Å². The second-order valence-electron chi connectivity index (χ2n) is 5.10. The molecule has 0 fully saturated rings. The van der Waals surface area contributed by atoms with Crippen LogP contribution in [-0.4, -0.2) is 23.8 Å². The van der Waals surface area contributed by atoms with Crippen molar-refractivity contribution in [1.82, 2.24) is 4.90 Å². The predicted octanol–water partition coefficient (Wildman–Crippen LogP) is 2.75. The van der Waals surface area contributed by atoms with Gasteiger partial charge >= 0.3 is 0 Å². The van der Waals surface area contributed by atoms with Crippen molar-refractivity contribution >= 4 is 5.84 Å². The Labute approximate surface area is 112 Å². The molecule has 0 unspecified atom stereocenters. The molecule has 3 nitrogen and oxygen atoms in total. The third-order valence-electron chi connectivity index (χ3n) is 2.76. The topological polar surface area (TPSA) is 53.1 Å². The van der Waals surface area contributed by atoms with Gasteiger partial charge in [-0.05, 0) is 18.1 Å². The first kappa shape index (κ1) is 15.6. The molecule has 0 amide bonds. The van der Waals surface area contributed by atoms with Gasteiger partial charge in [0.05, 0.1) is 5.84 Å². The summed E-state index contributed by atoms with van der Waals surface area (Å²) in [7, 11) is 0. The largest absolute Gasteiger partial charge is 0.388 e. The van der Waals surface area contributed by atoms with Gasteiger partial charge in [-0.25, -0.2) is 8.78 Å². The molecule has 0 saturated heterocycles. The second-order valence-corrected chi connectivity index (χ2v) is 5.10. The highest BCUT2D eigenvalue weighted by Gasteiger charge is 2.14. The number of nitrogens with one attached hydrogen (secondary N) is 1. The Morgan fingerprint density at radius 2 is 1.89 bits per heavy atom. The third kappa shape index (κ3) is 5.34. The summed E-state index contributed by atoms with van der Waals surface area (Å²) in [4.78, 5) is 1.92. The molecule has 0 aliphatic heterocycles. The van der Waals surface area contributed by atoms with Gasteiger partial charge in [0.1, 0.15) is 11.6 Å². The Bertz CT molecular complexity index is 412. The van der Waals surface area contributed by atoms with Gasteiger partial charge in [0.25, 0.3) is 0 Å². The van der Waals surface area contributed by atoms with Crippen LogP contribution in [0.3, 0.4) is 0 Å². The van der Waals surface area contributed by atoms with Crippen molar-refractivity contribution in [2.24, 2.45) is 11.7 Å². The summed E-state index contributed by atoms with van der Waals surface area (Å²) in [5, 5.41) is 7.24. The van der Waals surface area contributed by atoms with E-state index in [1.807, 2.05) is 18.7 Å². The molecular weight excluding hydrogens is 248 g/mol. The average molecular weight is 269 g/mol. The Morgan fingerprint density at radius 3 is 2.37 bits per heavy atom. The number of hydrogen-bond acceptors (Lipinski definition) is 2. The fourth-order valence-corrected chi connectivity index (χ4v) is 1.94. The molecule has 5 heteroatoms. The predicted molar refractivity (Wildman–Crippen MR) is 73.0 cm³/mol. The van der Waals surface area contributed by atoms with Crippen molar-refractivity contribution in [3.8, 4) is 0 Å². The summed E-state index contributed by atoms with van der Waals surface area (Å²) in [5.41, 5.74) is 5.41. The Hall–Kier alpha value is -1.49. The summed E-state index contributed by atoms with van der Waals surface area (Å²) in [6.07, 6.45) is 0.406. The molecule has 0 atom stereocenters. The molecule has 0 saturated carbocycles. The van der Waals surface area contributed by atoms with Crippen molar-refractivity contribution in [1.29, 1.82) is 5.41 Å². The van der Waals surface area contributed by atoms with Crippen molar-refractivity contribution in [3.63, 3.8) is 0 Å². The number of halogens is 2. The Balaban J connectivity index is 2.78. The average Bonchev–Trinajstić information content (AvgIpc) is 2.30. The summed E-state index contributed by atoms with van der Waals surface area (Å²) in [6.45, 7) is 5.52. The van der Waals surface area contributed by atoms with Crippen LogP contribution in [0.4, 0.5) is 8.78 Å². The SMILES string of the molecule is CC(C)CN(CCC(=N)N)Cc1c(F)cccc1F. The Morgan fingerprint density at radius 1 is 1.32 bits per heavy atom. The highest BCUT2D eigenvalue weighted by Crippen LogP contribution is 2.15. The first-order chi connectivity index (χ1) is 8.90. The normalized spacial score (nSPS) is 11.3. The van der Waals surface area contributed by atoms with Gasteiger partial charge < -0.3 is 5.73 Å². The van der Waals surface area contributed by atoms with E-state index in [0.717, 1.165) is 0 Å². The number of hydrogen-bond donors (Lipinski definition) is 2. The van der Waals surface area contributed by atoms with E-state index < -0.39 is 11.6 Å². The number of nitrogens with two attached hydrogens (primary N) is 1. The molecular formula is C14H21F2N3. The van der Waals surface area contributed by atoms with Crippen LogP contribution < -0.4 is 5.73 Å². The third-order valence-corrected chi connectivity index (χ3v) is 2.76. The quantitative estimate of drug-likeness (QED) is 0.590. The van der Waals surface area contributed by atoms with Crippen LogP contribution in [0.2, 0.25) is 0 Å². The van der Waals surface area contributed by atoms with E-state index in [1.165, 1.54) is 18.2 Å². The van der Waals surface area contributed by atoms with Crippen LogP contribution in [0, 0.1) is 23.0 Å². The molecule has 1 aromatic carbocycles. The van der Waals surface area contributed by atoms with Crippen molar-refractivity contribution in [2.45, 2.75) is 26.8 Å². The molecule has 0 heterocycles. The van der Waals surface area contributed by atoms with Crippen LogP contribution in [0.1, 0.15) is 25.8 Å². The van der Waals surface area contributed by atoms with Gasteiger partial charge in [-0.2, -0.15) is 0 Å². The lowest BCUT2D eigenvalue weighted by atomic mass is 10.1. The molecule has 106 valence electrons. The highest BCUT2D eigenvalue weighted by molar-refractivity contribution is 5.76. The van der Waals surface area contributed by atoms with Gasteiger partial charge in [-0.1, -0.05) is 19.9 Å². The Kier molecular flexibility index (Phi) is 5.89. The standard InChI is InChI=1S/C14H21F2N3/c1-10(2)8-19(7-6-14(17)18)9-11-12(15)4-3-5-13(11)16/h3-5,10H,6-9H2,1-2H3,(H3,17,18). The molecule has 0 radical (unpaired) electrons. The molecule has 0 spiro atoms. The number of amidine groups is 1. The fraction of sp³-hybridized carbons (Fsp3) is 0.500. The molecule has 19 heavy (non-hydrogen) atoms. The molecule has 3 N–H and O–H groups in total. The van der Waals surface area contributed by atoms with Crippen molar-refractivity contribution in [2.75, 3.05) is 13.1 Å². The monoisotopic (exact) mass is 269 g/mol. The summed E-state index contributed by atoms with van der Waals surface area (Å²) < 4.78 is 27.2. The zero-order valence-corrected chi connectivity index (χ0v) is 11.4. The smallest absolute Gasteiger partial charge is 0.130 e. The van der Waals surface area contributed by atoms with Gasteiger partial charge in [0.2, 0.25) is 0 Å². The van der Waals surface area contributed by atoms with Gasteiger partial charge in [-0.15, -0.1) is 0 Å². The molecule has 0 aliphatic carbocycles. The zero-order chi connectivity index (χ0) is 14.4. The van der Waals surface area contributed by atoms with Crippen LogP contribution in [-0.2, 0) is 6.54 Å². The second kappa shape index (κ2) is 7.19. The number of benzene rings is 1. The molecule has 0 aliphatic rings. The van der Waals surface area contributed by atoms with Crippen LogP contribution in [0.25, 0.3) is 0 Å². The summed E-state index contributed by atoms with van der Waals surface area (Å²) in [6, 6.07) is 3.88. The lowest BCUT2D eigenvalue weighted by Crippen LogP contribution is -2.31. The summed E-state index contributed by atoms with van der Waals surface area (Å²) in [5.74, 6) is -0.599. The van der Waals surface area contributed by atoms with Gasteiger partial charge in [-0.3, -0.25) is 10.3 Å². The molecule has 1 rings (SSSR count). The van der Waals surface area contributed by atoms with E-state index in [1.54, 1.807) is 0 Å². The van der Waals surface area contributed by atoms with Crippen molar-refractivity contribution in [3.05, 3.63) is 35.4 Å². The van der Waals surface area contributed by atoms with Gasteiger partial charge in [0, 0.05) is 31.6 Å².